The minimum absolute atomic E-state index is 0.0236. The second kappa shape index (κ2) is 13.7. The number of hydrogen-bond acceptors (Lipinski definition) is 10. The summed E-state index contributed by atoms with van der Waals surface area (Å²) in [5.74, 6) is -3.68. The van der Waals surface area contributed by atoms with Gasteiger partial charge in [0, 0.05) is 0 Å². The van der Waals surface area contributed by atoms with Crippen molar-refractivity contribution in [3.05, 3.63) is 0 Å². The molecule has 0 aromatic rings. The number of hydrogen-bond donors (Lipinski definition) is 0. The largest absolute Gasteiger partial charge is 0.465 e. The maximum absolute atomic E-state index is 12.8. The molecule has 2 saturated heterocycles. The highest BCUT2D eigenvalue weighted by Gasteiger charge is 2.54. The maximum atomic E-state index is 12.8. The molecule has 2 heterocycles. The van der Waals surface area contributed by atoms with Crippen LogP contribution in [0.4, 0.5) is 0 Å². The number of unbranched alkanes of at least 4 members (excludes halogenated alkanes) is 3. The van der Waals surface area contributed by atoms with Crippen LogP contribution in [0.3, 0.4) is 0 Å². The van der Waals surface area contributed by atoms with E-state index in [9.17, 15) is 19.2 Å². The lowest BCUT2D eigenvalue weighted by molar-refractivity contribution is -0.163. The number of esters is 4. The van der Waals surface area contributed by atoms with Crippen LogP contribution in [-0.2, 0) is 47.6 Å². The van der Waals surface area contributed by atoms with E-state index < -0.39 is 35.6 Å². The highest BCUT2D eigenvalue weighted by molar-refractivity contribution is 5.83. The van der Waals surface area contributed by atoms with Gasteiger partial charge < -0.3 is 28.4 Å². The fourth-order valence-corrected chi connectivity index (χ4v) is 5.50. The summed E-state index contributed by atoms with van der Waals surface area (Å²) in [5, 5.41) is 0. The smallest absolute Gasteiger partial charge is 0.309 e. The molecule has 214 valence electrons. The Morgan fingerprint density at radius 1 is 0.500 bits per heavy atom. The van der Waals surface area contributed by atoms with Crippen LogP contribution in [0.25, 0.3) is 0 Å². The first kappa shape index (κ1) is 28.8. The molecule has 10 heteroatoms. The van der Waals surface area contributed by atoms with Gasteiger partial charge in [0.1, 0.15) is 0 Å². The van der Waals surface area contributed by atoms with Crippen LogP contribution < -0.4 is 0 Å². The number of ether oxygens (including phenoxy) is 6. The molecule has 38 heavy (non-hydrogen) atoms. The van der Waals surface area contributed by atoms with E-state index in [1.165, 1.54) is 0 Å². The first-order chi connectivity index (χ1) is 18.4. The summed E-state index contributed by atoms with van der Waals surface area (Å²) in [7, 11) is 0. The van der Waals surface area contributed by atoms with E-state index in [4.69, 9.17) is 28.4 Å². The van der Waals surface area contributed by atoms with Gasteiger partial charge in [-0.3, -0.25) is 19.2 Å². The highest BCUT2D eigenvalue weighted by Crippen LogP contribution is 2.45. The van der Waals surface area contributed by atoms with Crippen LogP contribution >= 0.6 is 0 Å². The molecular weight excluding hydrogens is 496 g/mol. The summed E-state index contributed by atoms with van der Waals surface area (Å²) in [6.07, 6.45) is 6.52. The Hall–Kier alpha value is -2.20. The van der Waals surface area contributed by atoms with Crippen molar-refractivity contribution in [3.63, 3.8) is 0 Å². The zero-order valence-electron chi connectivity index (χ0n) is 22.6. The molecule has 2 aliphatic heterocycles. The zero-order chi connectivity index (χ0) is 27.1. The quantitative estimate of drug-likeness (QED) is 0.133. The van der Waals surface area contributed by atoms with E-state index in [1.54, 1.807) is 0 Å². The van der Waals surface area contributed by atoms with E-state index in [0.29, 0.717) is 51.7 Å². The van der Waals surface area contributed by atoms with Crippen LogP contribution in [0.5, 0.6) is 0 Å². The van der Waals surface area contributed by atoms with Crippen molar-refractivity contribution in [1.29, 1.82) is 0 Å². The normalized spacial score (nSPS) is 32.8. The van der Waals surface area contributed by atoms with Gasteiger partial charge in [0.25, 0.3) is 0 Å². The molecule has 0 unspecified atom stereocenters. The van der Waals surface area contributed by atoms with Crippen molar-refractivity contribution < 1.29 is 47.6 Å². The maximum Gasteiger partial charge on any atom is 0.309 e. The summed E-state index contributed by atoms with van der Waals surface area (Å²) in [5.41, 5.74) is 0. The second-order valence-corrected chi connectivity index (χ2v) is 10.9. The fraction of sp³-hybridized carbons (Fsp3) is 0.857. The number of rotatable bonds is 15. The van der Waals surface area contributed by atoms with Crippen LogP contribution in [0.15, 0.2) is 0 Å². The highest BCUT2D eigenvalue weighted by atomic mass is 16.6. The van der Waals surface area contributed by atoms with Gasteiger partial charge in [0.15, 0.2) is 0 Å². The Morgan fingerprint density at radius 2 is 0.763 bits per heavy atom. The number of epoxide rings is 2. The SMILES string of the molecule is CCCCOC(=O)[C@H]1C[C@H]2O[C@H]2C[C@@H]1C(=O)OCCCCOC(=O)[C@@H]1C[C@H]2O[C@H]2C[C@@H]1C(=O)OCCCC. The predicted octanol–water partition coefficient (Wildman–Crippen LogP) is 3.13. The lowest BCUT2D eigenvalue weighted by Crippen LogP contribution is -2.38. The Bertz CT molecular complexity index is 775. The molecule has 2 saturated carbocycles. The molecule has 2 aliphatic carbocycles. The van der Waals surface area contributed by atoms with Gasteiger partial charge in [-0.15, -0.1) is 0 Å². The molecule has 4 fully saturated rings. The third-order valence-electron chi connectivity index (χ3n) is 8.01. The molecule has 0 aromatic carbocycles. The summed E-state index contributed by atoms with van der Waals surface area (Å²) >= 11 is 0. The van der Waals surface area contributed by atoms with Gasteiger partial charge in [-0.1, -0.05) is 26.7 Å². The molecule has 4 rings (SSSR count). The molecule has 0 radical (unpaired) electrons. The molecule has 10 nitrogen and oxygen atoms in total. The minimum Gasteiger partial charge on any atom is -0.465 e. The van der Waals surface area contributed by atoms with Gasteiger partial charge in [-0.05, 0) is 51.4 Å². The van der Waals surface area contributed by atoms with Crippen molar-refractivity contribution in [1.82, 2.24) is 0 Å². The van der Waals surface area contributed by atoms with Crippen molar-refractivity contribution in [2.24, 2.45) is 23.7 Å². The summed E-state index contributed by atoms with van der Waals surface area (Å²) < 4.78 is 32.8. The summed E-state index contributed by atoms with van der Waals surface area (Å²) in [6, 6.07) is 0. The first-order valence-corrected chi connectivity index (χ1v) is 14.4. The molecule has 0 bridgehead atoms. The number of carbonyl (C=O) groups excluding carboxylic acids is 4. The van der Waals surface area contributed by atoms with Crippen molar-refractivity contribution in [2.45, 2.75) is 102 Å². The first-order valence-electron chi connectivity index (χ1n) is 14.4. The zero-order valence-corrected chi connectivity index (χ0v) is 22.6. The Morgan fingerprint density at radius 3 is 1.03 bits per heavy atom. The number of carbonyl (C=O) groups is 4. The van der Waals surface area contributed by atoms with E-state index in [-0.39, 0.29) is 49.6 Å². The van der Waals surface area contributed by atoms with E-state index >= 15 is 0 Å². The average molecular weight is 539 g/mol. The Labute approximate surface area is 224 Å². The molecule has 0 N–H and O–H groups in total. The van der Waals surface area contributed by atoms with E-state index in [2.05, 4.69) is 0 Å². The lowest BCUT2D eigenvalue weighted by atomic mass is 9.79. The number of fused-ring (bicyclic) bond motifs is 2. The monoisotopic (exact) mass is 538 g/mol. The molecule has 8 atom stereocenters. The summed E-state index contributed by atoms with van der Waals surface area (Å²) in [6.45, 7) is 5.11. The molecular formula is C28H42O10. The van der Waals surface area contributed by atoms with Crippen LogP contribution in [-0.4, -0.2) is 74.7 Å². The molecule has 0 spiro atoms. The van der Waals surface area contributed by atoms with Gasteiger partial charge >= 0.3 is 23.9 Å². The predicted molar refractivity (Wildman–Crippen MR) is 133 cm³/mol. The second-order valence-electron chi connectivity index (χ2n) is 10.9. The third-order valence-corrected chi connectivity index (χ3v) is 8.01. The molecule has 0 amide bonds. The van der Waals surface area contributed by atoms with E-state index in [1.807, 2.05) is 13.8 Å². The topological polar surface area (TPSA) is 130 Å². The standard InChI is InChI=1S/C28H42O10/c1-3-5-9-33-25(29)17-13-21-23(37-21)15-19(17)27(31)35-11-7-8-12-36-28(32)20-16-24-22(38-24)14-18(20)26(30)34-10-6-4-2/h17-24H,3-16H2,1-2H3/t17-,18-,19-,20+,21+,22-,23-,24+/m0/s1. The van der Waals surface area contributed by atoms with Crippen LogP contribution in [0.1, 0.15) is 78.1 Å². The van der Waals surface area contributed by atoms with Gasteiger partial charge in [-0.25, -0.2) is 0 Å². The van der Waals surface area contributed by atoms with Crippen molar-refractivity contribution in [3.8, 4) is 0 Å². The Kier molecular flexibility index (Phi) is 10.4. The van der Waals surface area contributed by atoms with Crippen molar-refractivity contribution >= 4 is 23.9 Å². The van der Waals surface area contributed by atoms with Gasteiger partial charge in [0.2, 0.25) is 0 Å². The van der Waals surface area contributed by atoms with Crippen molar-refractivity contribution in [2.75, 3.05) is 26.4 Å². The van der Waals surface area contributed by atoms with E-state index in [0.717, 1.165) is 25.7 Å². The average Bonchev–Trinajstić information content (AvgIpc) is 3.83. The van der Waals surface area contributed by atoms with Crippen LogP contribution in [0.2, 0.25) is 0 Å². The van der Waals surface area contributed by atoms with Crippen LogP contribution in [0, 0.1) is 23.7 Å². The third kappa shape index (κ3) is 7.68. The lowest BCUT2D eigenvalue weighted by Gasteiger charge is -2.26. The molecule has 0 aromatic heterocycles. The summed E-state index contributed by atoms with van der Waals surface area (Å²) in [4.78, 5) is 50.6. The van der Waals surface area contributed by atoms with Gasteiger partial charge in [0.05, 0.1) is 74.5 Å². The van der Waals surface area contributed by atoms with Gasteiger partial charge in [-0.2, -0.15) is 0 Å². The molecule has 4 aliphatic rings. The fourth-order valence-electron chi connectivity index (χ4n) is 5.50. The minimum atomic E-state index is -0.556. The Balaban J connectivity index is 1.14.